The average molecular weight is 480 g/mol. The Bertz CT molecular complexity index is 1280. The van der Waals surface area contributed by atoms with Crippen LogP contribution in [0.15, 0.2) is 18.5 Å². The maximum Gasteiger partial charge on any atom is 0.322 e. The number of carboxylic acids is 1. The molecule has 1 saturated carbocycles. The molecule has 176 valence electrons. The monoisotopic (exact) mass is 479 g/mol. The number of nitrogens with one attached hydrogen (secondary N) is 3. The third kappa shape index (κ3) is 4.22. The number of carboxylic acid groups (broad SMARTS) is 1. The van der Waals surface area contributed by atoms with Gasteiger partial charge in [-0.25, -0.2) is 9.97 Å². The minimum atomic E-state index is -1.10. The van der Waals surface area contributed by atoms with Crippen molar-refractivity contribution in [2.75, 3.05) is 31.5 Å². The SMILES string of the molecule is Cc1nc(-c2cnc3[nH]ccc3c2NC2C[C@@H]3CN(CC#N)C[C@@H]3C2)sc1C(=O)NCC(=O)O. The molecule has 1 saturated heterocycles. The average Bonchev–Trinajstić information content (AvgIpc) is 3.56. The number of aromatic nitrogens is 3. The maximum atomic E-state index is 12.5. The molecule has 10 nitrogen and oxygen atoms in total. The summed E-state index contributed by atoms with van der Waals surface area (Å²) in [7, 11) is 0. The number of carbonyl (C=O) groups excluding carboxylic acids is 1. The molecule has 1 amide bonds. The van der Waals surface area contributed by atoms with Crippen LogP contribution in [0.4, 0.5) is 5.69 Å². The number of thiazole rings is 1. The molecule has 34 heavy (non-hydrogen) atoms. The first kappa shape index (κ1) is 22.3. The van der Waals surface area contributed by atoms with Gasteiger partial charge in [-0.05, 0) is 37.7 Å². The lowest BCUT2D eigenvalue weighted by atomic mass is 10.0. The van der Waals surface area contributed by atoms with E-state index in [-0.39, 0.29) is 0 Å². The largest absolute Gasteiger partial charge is 0.480 e. The van der Waals surface area contributed by atoms with Gasteiger partial charge in [-0.3, -0.25) is 14.5 Å². The molecule has 1 unspecified atom stereocenters. The van der Waals surface area contributed by atoms with Gasteiger partial charge in [-0.15, -0.1) is 11.3 Å². The van der Waals surface area contributed by atoms with Crippen LogP contribution >= 0.6 is 11.3 Å². The minimum Gasteiger partial charge on any atom is -0.480 e. The Morgan fingerprint density at radius 2 is 2.12 bits per heavy atom. The predicted molar refractivity (Wildman–Crippen MR) is 128 cm³/mol. The quantitative estimate of drug-likeness (QED) is 0.378. The van der Waals surface area contributed by atoms with Crippen LogP contribution in [0.5, 0.6) is 0 Å². The molecule has 4 heterocycles. The minimum absolute atomic E-state index is 0.304. The van der Waals surface area contributed by atoms with E-state index in [1.807, 2.05) is 12.3 Å². The Morgan fingerprint density at radius 3 is 2.82 bits per heavy atom. The summed E-state index contributed by atoms with van der Waals surface area (Å²) in [4.78, 5) is 38.2. The third-order valence-electron chi connectivity index (χ3n) is 6.69. The molecular formula is C23H25N7O3S. The molecule has 4 N–H and O–H groups in total. The van der Waals surface area contributed by atoms with Crippen LogP contribution in [0.2, 0.25) is 0 Å². The van der Waals surface area contributed by atoms with E-state index < -0.39 is 18.4 Å². The smallest absolute Gasteiger partial charge is 0.322 e. The van der Waals surface area contributed by atoms with E-state index in [2.05, 4.69) is 36.6 Å². The highest BCUT2D eigenvalue weighted by atomic mass is 32.1. The molecule has 1 aliphatic heterocycles. The van der Waals surface area contributed by atoms with E-state index >= 15 is 0 Å². The van der Waals surface area contributed by atoms with Gasteiger partial charge in [-0.2, -0.15) is 5.26 Å². The fraction of sp³-hybridized carbons (Fsp3) is 0.435. The Balaban J connectivity index is 1.41. The number of H-pyrrole nitrogens is 1. The third-order valence-corrected chi connectivity index (χ3v) is 7.88. The maximum absolute atomic E-state index is 12.5. The Labute approximate surface area is 200 Å². The van der Waals surface area contributed by atoms with Crippen molar-refractivity contribution in [1.82, 2.24) is 25.2 Å². The second kappa shape index (κ2) is 9.04. The number of likely N-dealkylation sites (tertiary alicyclic amines) is 1. The summed E-state index contributed by atoms with van der Waals surface area (Å²) >= 11 is 1.23. The van der Waals surface area contributed by atoms with Gasteiger partial charge in [0.15, 0.2) is 0 Å². The summed E-state index contributed by atoms with van der Waals surface area (Å²) in [6.07, 6.45) is 5.70. The van der Waals surface area contributed by atoms with Crippen LogP contribution in [0.25, 0.3) is 21.6 Å². The molecule has 2 fully saturated rings. The molecular weight excluding hydrogens is 454 g/mol. The first-order chi connectivity index (χ1) is 16.4. The van der Waals surface area contributed by atoms with Crippen LogP contribution < -0.4 is 10.6 Å². The van der Waals surface area contributed by atoms with Crippen LogP contribution in [-0.4, -0.2) is 69.1 Å². The van der Waals surface area contributed by atoms with Gasteiger partial charge >= 0.3 is 5.97 Å². The van der Waals surface area contributed by atoms with E-state index in [1.165, 1.54) is 11.3 Å². The van der Waals surface area contributed by atoms with Crippen molar-refractivity contribution >= 4 is 39.9 Å². The lowest BCUT2D eigenvalue weighted by Crippen LogP contribution is -2.29. The Kier molecular flexibility index (Phi) is 5.93. The van der Waals surface area contributed by atoms with Gasteiger partial charge in [0.25, 0.3) is 5.91 Å². The van der Waals surface area contributed by atoms with E-state index in [0.717, 1.165) is 48.2 Å². The molecule has 2 aliphatic rings. The molecule has 0 radical (unpaired) electrons. The summed E-state index contributed by atoms with van der Waals surface area (Å²) in [6, 6.07) is 4.55. The van der Waals surface area contributed by atoms with Crippen molar-refractivity contribution in [3.05, 3.63) is 29.0 Å². The predicted octanol–water partition coefficient (Wildman–Crippen LogP) is 2.46. The van der Waals surface area contributed by atoms with Crippen LogP contribution in [0.1, 0.15) is 28.2 Å². The number of aryl methyl sites for hydroxylation is 1. The number of carbonyl (C=O) groups is 2. The zero-order valence-corrected chi connectivity index (χ0v) is 19.5. The van der Waals surface area contributed by atoms with Crippen LogP contribution in [0.3, 0.4) is 0 Å². The number of hydrogen-bond donors (Lipinski definition) is 4. The van der Waals surface area contributed by atoms with E-state index in [4.69, 9.17) is 10.4 Å². The first-order valence-corrected chi connectivity index (χ1v) is 12.0. The molecule has 3 aromatic heterocycles. The van der Waals surface area contributed by atoms with Crippen LogP contribution in [-0.2, 0) is 4.79 Å². The number of nitriles is 1. The molecule has 0 spiro atoms. The number of anilines is 1. The molecule has 11 heteroatoms. The van der Waals surface area contributed by atoms with E-state index in [0.29, 0.717) is 40.0 Å². The Morgan fingerprint density at radius 1 is 1.35 bits per heavy atom. The van der Waals surface area contributed by atoms with Gasteiger partial charge in [0.05, 0.1) is 29.6 Å². The summed E-state index contributed by atoms with van der Waals surface area (Å²) < 4.78 is 0. The van der Waals surface area contributed by atoms with Gasteiger partial charge in [-0.1, -0.05) is 0 Å². The molecule has 0 aromatic carbocycles. The summed E-state index contributed by atoms with van der Waals surface area (Å²) in [6.45, 7) is 3.75. The zero-order chi connectivity index (χ0) is 23.8. The van der Waals surface area contributed by atoms with E-state index in [9.17, 15) is 9.59 Å². The second-order valence-electron chi connectivity index (χ2n) is 8.98. The second-order valence-corrected chi connectivity index (χ2v) is 9.98. The number of aliphatic carboxylic acids is 1. The van der Waals surface area contributed by atoms with Crippen molar-refractivity contribution < 1.29 is 14.7 Å². The highest BCUT2D eigenvalue weighted by Gasteiger charge is 2.41. The number of rotatable bonds is 7. The van der Waals surface area contributed by atoms with E-state index in [1.54, 1.807) is 13.1 Å². The molecule has 1 aliphatic carbocycles. The number of pyridine rings is 1. The lowest BCUT2D eigenvalue weighted by Gasteiger charge is -2.20. The number of fused-ring (bicyclic) bond motifs is 2. The van der Waals surface area contributed by atoms with Gasteiger partial charge < -0.3 is 20.7 Å². The summed E-state index contributed by atoms with van der Waals surface area (Å²) in [5.41, 5.74) is 3.09. The van der Waals surface area contributed by atoms with Crippen LogP contribution in [0, 0.1) is 30.1 Å². The normalized spacial score (nSPS) is 21.9. The Hall–Kier alpha value is -3.49. The highest BCUT2D eigenvalue weighted by molar-refractivity contribution is 7.17. The summed E-state index contributed by atoms with van der Waals surface area (Å²) in [5.74, 6) is -0.366. The van der Waals surface area contributed by atoms with Crippen molar-refractivity contribution in [3.8, 4) is 16.6 Å². The number of amides is 1. The number of aromatic amines is 1. The van der Waals surface area contributed by atoms with Crippen molar-refractivity contribution in [1.29, 1.82) is 5.26 Å². The fourth-order valence-electron chi connectivity index (χ4n) is 5.23. The molecule has 0 bridgehead atoms. The van der Waals surface area contributed by atoms with Crippen molar-refractivity contribution in [2.45, 2.75) is 25.8 Å². The lowest BCUT2D eigenvalue weighted by molar-refractivity contribution is -0.135. The molecule has 5 rings (SSSR count). The number of hydrogen-bond acceptors (Lipinski definition) is 8. The van der Waals surface area contributed by atoms with Crippen molar-refractivity contribution in [3.63, 3.8) is 0 Å². The standard InChI is InChI=1S/C23H25N7O3S/c1-12-20(22(33)27-9-18(31)32)34-23(28-12)17-8-26-21-16(2-4-25-21)19(17)29-15-6-13-10-30(5-3-24)11-14(13)7-15/h2,4,8,13-15H,5-7,9-11H2,1H3,(H,27,33)(H,31,32)(H2,25,26,29)/t13-,14+,15?. The van der Waals surface area contributed by atoms with Gasteiger partial charge in [0, 0.05) is 36.9 Å². The molecule has 3 aromatic rings. The van der Waals surface area contributed by atoms with Crippen molar-refractivity contribution in [2.24, 2.45) is 11.8 Å². The molecule has 3 atom stereocenters. The highest BCUT2D eigenvalue weighted by Crippen LogP contribution is 2.42. The first-order valence-electron chi connectivity index (χ1n) is 11.2. The van der Waals surface area contributed by atoms with Gasteiger partial charge in [0.1, 0.15) is 22.1 Å². The summed E-state index contributed by atoms with van der Waals surface area (Å²) in [5, 5.41) is 25.6. The topological polar surface area (TPSA) is 147 Å². The number of nitrogens with zero attached hydrogens (tertiary/aromatic N) is 4. The fourth-order valence-corrected chi connectivity index (χ4v) is 6.23. The van der Waals surface area contributed by atoms with Gasteiger partial charge in [0.2, 0.25) is 0 Å². The zero-order valence-electron chi connectivity index (χ0n) is 18.7.